The molecule has 0 saturated heterocycles. The average Bonchev–Trinajstić information content (AvgIpc) is 2.01. The highest BCUT2D eigenvalue weighted by atomic mass is 79.9. The highest BCUT2D eigenvalue weighted by Gasteiger charge is 2.21. The van der Waals surface area contributed by atoms with Crippen LogP contribution in [-0.2, 0) is 10.0 Å². The van der Waals surface area contributed by atoms with Gasteiger partial charge in [0.25, 0.3) is 16.4 Å². The number of nitrogens with two attached hydrogens (primary N) is 1. The molecule has 1 heterocycles. The molecule has 1 aromatic rings. The summed E-state index contributed by atoms with van der Waals surface area (Å²) < 4.78 is 46.0. The molecule has 0 aliphatic rings. The standard InChI is InChI=1S/C6H5BrF2N2O2S/c7-4-3(5(8)9)1-2-11-6(4)14(10,12)13/h1-2,5H,(H2,10,12,13). The Hall–Kier alpha value is -0.600. The van der Waals surface area contributed by atoms with Gasteiger partial charge in [-0.2, -0.15) is 0 Å². The van der Waals surface area contributed by atoms with E-state index in [4.69, 9.17) is 5.14 Å². The number of sulfonamides is 1. The normalized spacial score (nSPS) is 12.1. The molecule has 1 rings (SSSR count). The number of nitrogens with zero attached hydrogens (tertiary/aromatic N) is 1. The van der Waals surface area contributed by atoms with E-state index in [0.717, 1.165) is 12.3 Å². The van der Waals surface area contributed by atoms with Gasteiger partial charge in [0.1, 0.15) is 0 Å². The molecule has 14 heavy (non-hydrogen) atoms. The van der Waals surface area contributed by atoms with Gasteiger partial charge in [-0.15, -0.1) is 0 Å². The van der Waals surface area contributed by atoms with E-state index in [9.17, 15) is 17.2 Å². The first kappa shape index (κ1) is 11.5. The Balaban J connectivity index is 3.43. The Morgan fingerprint density at radius 1 is 1.50 bits per heavy atom. The van der Waals surface area contributed by atoms with Gasteiger partial charge in [0.05, 0.1) is 4.47 Å². The van der Waals surface area contributed by atoms with E-state index in [1.165, 1.54) is 0 Å². The van der Waals surface area contributed by atoms with Crippen LogP contribution in [0.25, 0.3) is 0 Å². The lowest BCUT2D eigenvalue weighted by molar-refractivity contribution is 0.150. The van der Waals surface area contributed by atoms with Crippen molar-refractivity contribution in [2.45, 2.75) is 11.5 Å². The topological polar surface area (TPSA) is 73.1 Å². The fraction of sp³-hybridized carbons (Fsp3) is 0.167. The summed E-state index contributed by atoms with van der Waals surface area (Å²) >= 11 is 2.72. The second-order valence-electron chi connectivity index (χ2n) is 2.37. The summed E-state index contributed by atoms with van der Waals surface area (Å²) in [5, 5.41) is 4.17. The van der Waals surface area contributed by atoms with Gasteiger partial charge in [-0.05, 0) is 22.0 Å². The minimum absolute atomic E-state index is 0.294. The Morgan fingerprint density at radius 3 is 2.50 bits per heavy atom. The molecule has 2 N–H and O–H groups in total. The van der Waals surface area contributed by atoms with Gasteiger partial charge in [0, 0.05) is 11.8 Å². The van der Waals surface area contributed by atoms with Crippen LogP contribution in [0.3, 0.4) is 0 Å². The number of halogens is 3. The van der Waals surface area contributed by atoms with Crippen molar-refractivity contribution in [3.05, 3.63) is 22.3 Å². The summed E-state index contributed by atoms with van der Waals surface area (Å²) in [6.45, 7) is 0. The molecule has 78 valence electrons. The summed E-state index contributed by atoms with van der Waals surface area (Å²) in [4.78, 5) is 3.40. The van der Waals surface area contributed by atoms with Crippen LogP contribution in [0, 0.1) is 0 Å². The SMILES string of the molecule is NS(=O)(=O)c1nccc(C(F)F)c1Br. The van der Waals surface area contributed by atoms with E-state index in [1.807, 2.05) is 0 Å². The van der Waals surface area contributed by atoms with Crippen LogP contribution in [0.15, 0.2) is 21.8 Å². The lowest BCUT2D eigenvalue weighted by Crippen LogP contribution is -2.15. The molecule has 0 spiro atoms. The Labute approximate surface area is 87.3 Å². The summed E-state index contributed by atoms with van der Waals surface area (Å²) in [5.74, 6) is 0. The number of alkyl halides is 2. The monoisotopic (exact) mass is 286 g/mol. The number of rotatable bonds is 2. The molecule has 0 aliphatic carbocycles. The first-order valence-electron chi connectivity index (χ1n) is 3.29. The minimum atomic E-state index is -4.08. The molecule has 0 unspecified atom stereocenters. The quantitative estimate of drug-likeness (QED) is 0.894. The van der Waals surface area contributed by atoms with Crippen molar-refractivity contribution in [3.63, 3.8) is 0 Å². The van der Waals surface area contributed by atoms with Crippen molar-refractivity contribution in [1.29, 1.82) is 0 Å². The van der Waals surface area contributed by atoms with E-state index in [2.05, 4.69) is 20.9 Å². The van der Waals surface area contributed by atoms with Crippen LogP contribution in [0.2, 0.25) is 0 Å². The van der Waals surface area contributed by atoms with Gasteiger partial charge in [0.15, 0.2) is 5.03 Å². The average molecular weight is 287 g/mol. The fourth-order valence-electron chi connectivity index (χ4n) is 0.805. The smallest absolute Gasteiger partial charge is 0.242 e. The van der Waals surface area contributed by atoms with Crippen LogP contribution < -0.4 is 5.14 Å². The molecule has 0 saturated carbocycles. The fourth-order valence-corrected chi connectivity index (χ4v) is 2.47. The molecule has 0 aliphatic heterocycles. The van der Waals surface area contributed by atoms with E-state index in [0.29, 0.717) is 0 Å². The van der Waals surface area contributed by atoms with Gasteiger partial charge < -0.3 is 0 Å². The van der Waals surface area contributed by atoms with Crippen molar-refractivity contribution in [2.24, 2.45) is 5.14 Å². The third kappa shape index (κ3) is 2.25. The number of hydrogen-bond acceptors (Lipinski definition) is 3. The molecular weight excluding hydrogens is 282 g/mol. The van der Waals surface area contributed by atoms with Crippen LogP contribution in [0.5, 0.6) is 0 Å². The number of aromatic nitrogens is 1. The third-order valence-corrected chi connectivity index (χ3v) is 3.34. The zero-order valence-electron chi connectivity index (χ0n) is 6.62. The zero-order chi connectivity index (χ0) is 10.9. The molecule has 0 bridgehead atoms. The van der Waals surface area contributed by atoms with Crippen molar-refractivity contribution >= 4 is 26.0 Å². The first-order valence-corrected chi connectivity index (χ1v) is 5.63. The number of hydrogen-bond donors (Lipinski definition) is 1. The Kier molecular flexibility index (Phi) is 3.17. The third-order valence-electron chi connectivity index (χ3n) is 1.39. The van der Waals surface area contributed by atoms with Gasteiger partial charge in [-0.1, -0.05) is 0 Å². The summed E-state index contributed by atoms with van der Waals surface area (Å²) in [6.07, 6.45) is -1.82. The molecule has 0 fully saturated rings. The lowest BCUT2D eigenvalue weighted by Gasteiger charge is -2.05. The van der Waals surface area contributed by atoms with Crippen molar-refractivity contribution in [1.82, 2.24) is 4.98 Å². The van der Waals surface area contributed by atoms with Crippen LogP contribution in [0.1, 0.15) is 12.0 Å². The largest absolute Gasteiger partial charge is 0.265 e. The van der Waals surface area contributed by atoms with Crippen molar-refractivity contribution < 1.29 is 17.2 Å². The molecule has 0 atom stereocenters. The second-order valence-corrected chi connectivity index (χ2v) is 4.63. The van der Waals surface area contributed by atoms with Crippen LogP contribution in [-0.4, -0.2) is 13.4 Å². The van der Waals surface area contributed by atoms with Gasteiger partial charge in [0.2, 0.25) is 0 Å². The highest BCUT2D eigenvalue weighted by Crippen LogP contribution is 2.30. The van der Waals surface area contributed by atoms with Crippen LogP contribution >= 0.6 is 15.9 Å². The highest BCUT2D eigenvalue weighted by molar-refractivity contribution is 9.10. The summed E-state index contributed by atoms with van der Waals surface area (Å²) in [5.41, 5.74) is -0.455. The predicted molar refractivity (Wildman–Crippen MR) is 48.3 cm³/mol. The molecule has 4 nitrogen and oxygen atoms in total. The van der Waals surface area contributed by atoms with E-state index < -0.39 is 27.0 Å². The van der Waals surface area contributed by atoms with E-state index in [-0.39, 0.29) is 4.47 Å². The molecular formula is C6H5BrF2N2O2S. The van der Waals surface area contributed by atoms with Gasteiger partial charge in [-0.25, -0.2) is 27.3 Å². The van der Waals surface area contributed by atoms with Gasteiger partial charge >= 0.3 is 0 Å². The van der Waals surface area contributed by atoms with Gasteiger partial charge in [-0.3, -0.25) is 0 Å². The van der Waals surface area contributed by atoms with Crippen molar-refractivity contribution in [2.75, 3.05) is 0 Å². The Bertz CT molecular complexity index is 449. The van der Waals surface area contributed by atoms with Crippen molar-refractivity contribution in [3.8, 4) is 0 Å². The predicted octanol–water partition coefficient (Wildman–Crippen LogP) is 1.43. The zero-order valence-corrected chi connectivity index (χ0v) is 9.02. The molecule has 0 radical (unpaired) electrons. The Morgan fingerprint density at radius 2 is 2.07 bits per heavy atom. The maximum atomic E-state index is 12.3. The molecule has 0 aromatic carbocycles. The molecule has 8 heteroatoms. The number of primary sulfonamides is 1. The second kappa shape index (κ2) is 3.87. The maximum absolute atomic E-state index is 12.3. The molecule has 1 aromatic heterocycles. The van der Waals surface area contributed by atoms with Crippen LogP contribution in [0.4, 0.5) is 8.78 Å². The maximum Gasteiger partial charge on any atom is 0.265 e. The molecule has 0 amide bonds. The summed E-state index contributed by atoms with van der Waals surface area (Å²) in [7, 11) is -4.08. The van der Waals surface area contributed by atoms with E-state index in [1.54, 1.807) is 0 Å². The minimum Gasteiger partial charge on any atom is -0.242 e. The first-order chi connectivity index (χ1) is 6.34. The lowest BCUT2D eigenvalue weighted by atomic mass is 10.3. The van der Waals surface area contributed by atoms with E-state index >= 15 is 0 Å². The summed E-state index contributed by atoms with van der Waals surface area (Å²) in [6, 6.07) is 1.02. The number of pyridine rings is 1.